The van der Waals surface area contributed by atoms with Gasteiger partial charge in [0.1, 0.15) is 17.9 Å². The third-order valence-electron chi connectivity index (χ3n) is 0.498. The first-order chi connectivity index (χ1) is 5.42. The first-order valence-corrected chi connectivity index (χ1v) is 3.78. The monoisotopic (exact) mass is 174 g/mol. The van der Waals surface area contributed by atoms with Crippen molar-refractivity contribution in [2.75, 3.05) is 0 Å². The summed E-state index contributed by atoms with van der Waals surface area (Å²) < 4.78 is 0. The Bertz CT molecular complexity index is 124. The fourth-order valence-electron chi connectivity index (χ4n) is 0. The van der Waals surface area contributed by atoms with Crippen molar-refractivity contribution in [1.29, 1.82) is 0 Å². The average Bonchev–Trinajstić information content (AvgIpc) is 1.88. The first kappa shape index (κ1) is 17.2. The molecule has 0 N–H and O–H groups in total. The Balaban J connectivity index is -0.000000105. The number of Topliss-reactive ketones (excluding diaryl/α,β-unsaturated/α-hetero) is 2. The fourth-order valence-corrected chi connectivity index (χ4v) is 0. The molecule has 3 nitrogen and oxygen atoms in total. The summed E-state index contributed by atoms with van der Waals surface area (Å²) in [6.07, 6.45) is 1.42. The number of carbonyl (C=O) groups is 3. The lowest BCUT2D eigenvalue weighted by atomic mass is 10.4. The molecule has 0 bridgehead atoms. The maximum absolute atomic E-state index is 9.81. The average molecular weight is 174 g/mol. The lowest BCUT2D eigenvalue weighted by Crippen LogP contribution is -1.80. The second kappa shape index (κ2) is 16.5. The summed E-state index contributed by atoms with van der Waals surface area (Å²) in [6.45, 7) is 7.93. The maximum atomic E-state index is 9.81. The van der Waals surface area contributed by atoms with Crippen molar-refractivity contribution in [3.8, 4) is 0 Å². The molecule has 0 unspecified atom stereocenters. The molecule has 0 aliphatic heterocycles. The molecule has 0 atom stereocenters. The normalized spacial score (nSPS) is 6.42. The van der Waals surface area contributed by atoms with Gasteiger partial charge in [0.05, 0.1) is 0 Å². The minimum atomic E-state index is 0.167. The highest BCUT2D eigenvalue weighted by molar-refractivity contribution is 5.74. The van der Waals surface area contributed by atoms with Gasteiger partial charge in [0.25, 0.3) is 0 Å². The van der Waals surface area contributed by atoms with Crippen molar-refractivity contribution < 1.29 is 14.4 Å². The van der Waals surface area contributed by atoms with Crippen molar-refractivity contribution in [1.82, 2.24) is 0 Å². The van der Waals surface area contributed by atoms with Crippen LogP contribution in [0.2, 0.25) is 0 Å². The molecular formula is C9H18O3. The maximum Gasteiger partial charge on any atom is 0.129 e. The van der Waals surface area contributed by atoms with Crippen LogP contribution < -0.4 is 0 Å². The molecule has 0 aliphatic carbocycles. The van der Waals surface area contributed by atoms with Crippen LogP contribution in [0.1, 0.15) is 41.0 Å². The third-order valence-corrected chi connectivity index (χ3v) is 0.498. The van der Waals surface area contributed by atoms with Crippen molar-refractivity contribution in [3.63, 3.8) is 0 Å². The van der Waals surface area contributed by atoms with E-state index >= 15 is 0 Å². The van der Waals surface area contributed by atoms with E-state index in [0.717, 1.165) is 6.29 Å². The Labute approximate surface area is 74.2 Å². The molecule has 0 rings (SSSR count). The van der Waals surface area contributed by atoms with Crippen LogP contribution in [-0.4, -0.2) is 17.9 Å². The second-order valence-corrected chi connectivity index (χ2v) is 2.20. The number of hydrogen-bond acceptors (Lipinski definition) is 3. The molecule has 0 aromatic carbocycles. The Morgan fingerprint density at radius 3 is 1.25 bits per heavy atom. The van der Waals surface area contributed by atoms with Gasteiger partial charge in [-0.05, 0) is 27.7 Å². The second-order valence-electron chi connectivity index (χ2n) is 2.20. The molecule has 0 radical (unpaired) electrons. The molecule has 3 heteroatoms. The van der Waals surface area contributed by atoms with Crippen LogP contribution in [0.25, 0.3) is 0 Å². The summed E-state index contributed by atoms with van der Waals surface area (Å²) in [6, 6.07) is 0. The highest BCUT2D eigenvalue weighted by Gasteiger charge is 1.76. The van der Waals surface area contributed by atoms with E-state index in [4.69, 9.17) is 4.79 Å². The van der Waals surface area contributed by atoms with E-state index in [1.807, 2.05) is 6.92 Å². The molecular weight excluding hydrogens is 156 g/mol. The molecule has 72 valence electrons. The summed E-state index contributed by atoms with van der Waals surface area (Å²) in [7, 11) is 0. The molecule has 0 saturated carbocycles. The number of hydrogen-bond donors (Lipinski definition) is 0. The van der Waals surface area contributed by atoms with Crippen molar-refractivity contribution in [3.05, 3.63) is 0 Å². The summed E-state index contributed by atoms with van der Waals surface area (Å²) in [5.74, 6) is 0.421. The predicted octanol–water partition coefficient (Wildman–Crippen LogP) is 1.79. The van der Waals surface area contributed by atoms with Crippen LogP contribution in [0.5, 0.6) is 0 Å². The van der Waals surface area contributed by atoms with E-state index in [9.17, 15) is 9.59 Å². The molecule has 0 aromatic heterocycles. The van der Waals surface area contributed by atoms with Gasteiger partial charge in [0.2, 0.25) is 0 Å². The van der Waals surface area contributed by atoms with Gasteiger partial charge in [0.15, 0.2) is 0 Å². The van der Waals surface area contributed by atoms with Crippen molar-refractivity contribution in [2.45, 2.75) is 41.0 Å². The minimum absolute atomic E-state index is 0.167. The van der Waals surface area contributed by atoms with Crippen LogP contribution in [0, 0.1) is 0 Å². The van der Waals surface area contributed by atoms with Crippen molar-refractivity contribution in [2.24, 2.45) is 0 Å². The lowest BCUT2D eigenvalue weighted by molar-refractivity contribution is -0.117. The van der Waals surface area contributed by atoms with Gasteiger partial charge in [-0.15, -0.1) is 0 Å². The number of ketones is 2. The zero-order valence-corrected chi connectivity index (χ0v) is 8.51. The lowest BCUT2D eigenvalue weighted by Gasteiger charge is -1.71. The zero-order valence-electron chi connectivity index (χ0n) is 8.51. The van der Waals surface area contributed by atoms with Gasteiger partial charge in [0, 0.05) is 6.42 Å². The smallest absolute Gasteiger partial charge is 0.129 e. The first-order valence-electron chi connectivity index (χ1n) is 3.78. The zero-order chi connectivity index (χ0) is 10.6. The molecule has 0 spiro atoms. The Morgan fingerprint density at radius 2 is 1.25 bits per heavy atom. The van der Waals surface area contributed by atoms with Gasteiger partial charge in [-0.25, -0.2) is 0 Å². The van der Waals surface area contributed by atoms with Gasteiger partial charge < -0.3 is 14.4 Å². The summed E-state index contributed by atoms with van der Waals surface area (Å²) >= 11 is 0. The molecule has 0 amide bonds. The van der Waals surface area contributed by atoms with E-state index in [2.05, 4.69) is 0 Å². The Kier molecular flexibility index (Phi) is 23.7. The predicted molar refractivity (Wildman–Crippen MR) is 49.1 cm³/mol. The fraction of sp³-hybridized carbons (Fsp3) is 0.667. The molecule has 0 heterocycles. The van der Waals surface area contributed by atoms with Crippen LogP contribution in [0.15, 0.2) is 0 Å². The topological polar surface area (TPSA) is 51.2 Å². The highest BCUT2D eigenvalue weighted by Crippen LogP contribution is 1.71. The number of carbonyl (C=O) groups excluding carboxylic acids is 3. The summed E-state index contributed by atoms with van der Waals surface area (Å²) in [4.78, 5) is 28.1. The van der Waals surface area contributed by atoms with E-state index in [1.54, 1.807) is 6.92 Å². The SMILES string of the molecule is CC(C)=O.CC=O.CCC(C)=O. The Hall–Kier alpha value is -0.990. The van der Waals surface area contributed by atoms with Crippen LogP contribution in [-0.2, 0) is 14.4 Å². The van der Waals surface area contributed by atoms with E-state index in [1.165, 1.54) is 20.8 Å². The van der Waals surface area contributed by atoms with E-state index in [0.29, 0.717) is 6.42 Å². The standard InChI is InChI=1S/C4H8O.C3H6O.C2H4O/c1-3-4(2)5;1-3(2)4;1-2-3/h3H2,1-2H3;1-2H3;2H,1H3. The molecule has 0 fully saturated rings. The van der Waals surface area contributed by atoms with Gasteiger partial charge >= 0.3 is 0 Å². The largest absolute Gasteiger partial charge is 0.304 e. The van der Waals surface area contributed by atoms with Gasteiger partial charge in [-0.1, -0.05) is 6.92 Å². The summed E-state index contributed by atoms with van der Waals surface area (Å²) in [5, 5.41) is 0. The summed E-state index contributed by atoms with van der Waals surface area (Å²) in [5.41, 5.74) is 0. The minimum Gasteiger partial charge on any atom is -0.304 e. The van der Waals surface area contributed by atoms with Crippen LogP contribution in [0.3, 0.4) is 0 Å². The molecule has 0 saturated heterocycles. The third kappa shape index (κ3) is 567. The molecule has 12 heavy (non-hydrogen) atoms. The van der Waals surface area contributed by atoms with E-state index in [-0.39, 0.29) is 11.6 Å². The highest BCUT2D eigenvalue weighted by atomic mass is 16.1. The number of rotatable bonds is 1. The molecule has 0 aromatic rings. The van der Waals surface area contributed by atoms with E-state index < -0.39 is 0 Å². The van der Waals surface area contributed by atoms with Gasteiger partial charge in [-0.3, -0.25) is 0 Å². The van der Waals surface area contributed by atoms with Crippen LogP contribution in [0.4, 0.5) is 0 Å². The molecule has 0 aliphatic rings. The quantitative estimate of drug-likeness (QED) is 0.569. The number of aldehydes is 1. The van der Waals surface area contributed by atoms with Crippen LogP contribution >= 0.6 is 0 Å². The Morgan fingerprint density at radius 1 is 1.17 bits per heavy atom. The van der Waals surface area contributed by atoms with Crippen molar-refractivity contribution >= 4 is 17.9 Å². The van der Waals surface area contributed by atoms with Gasteiger partial charge in [-0.2, -0.15) is 0 Å².